The monoisotopic (exact) mass is 304 g/mol. The van der Waals surface area contributed by atoms with Crippen LogP contribution >= 0.6 is 0 Å². The molecule has 0 aliphatic rings. The Morgan fingerprint density at radius 1 is 0.933 bits per heavy atom. The Kier molecular flexibility index (Phi) is 5.22. The van der Waals surface area contributed by atoms with Gasteiger partial charge in [-0.25, -0.2) is 9.36 Å². The number of aromatic nitrogens is 4. The van der Waals surface area contributed by atoms with E-state index in [1.165, 1.54) is 24.8 Å². The van der Waals surface area contributed by atoms with E-state index in [0.717, 1.165) is 9.36 Å². The number of carboxylic acid groups (broad SMARTS) is 2. The topological polar surface area (TPSA) is 122 Å². The van der Waals surface area contributed by atoms with Crippen LogP contribution in [0.5, 0.6) is 0 Å². The Morgan fingerprint density at radius 3 is 1.20 bits per heavy atom. The van der Waals surface area contributed by atoms with Gasteiger partial charge in [0.05, 0.1) is 0 Å². The number of nitrogens with zero attached hydrogens (tertiary/aromatic N) is 2. The Morgan fingerprint density at radius 2 is 1.20 bits per heavy atom. The molecule has 0 saturated carbocycles. The number of aromatic amines is 2. The molecule has 0 spiro atoms. The molecule has 0 radical (unpaired) electrons. The van der Waals surface area contributed by atoms with Crippen molar-refractivity contribution in [2.24, 2.45) is 0 Å². The molecule has 0 atom stereocenters. The zero-order valence-electron chi connectivity index (χ0n) is 7.15. The summed E-state index contributed by atoms with van der Waals surface area (Å²) in [5.41, 5.74) is 0. The molecule has 2 heterocycles. The van der Waals surface area contributed by atoms with Crippen LogP contribution in [0.25, 0.3) is 0 Å². The number of carbonyl (C=O) groups excluding carboxylic acids is 2. The second-order valence-electron chi connectivity index (χ2n) is 2.16. The van der Waals surface area contributed by atoms with Gasteiger partial charge in [0.1, 0.15) is 0 Å². The molecular weight excluding hydrogens is 299 g/mol. The van der Waals surface area contributed by atoms with Crippen LogP contribution in [0.2, 0.25) is 0 Å². The maximum atomic E-state index is 9.68. The normalized spacial score (nSPS) is 8.53. The minimum absolute atomic E-state index is 0. The molecule has 0 unspecified atom stereocenters. The van der Waals surface area contributed by atoms with Gasteiger partial charge in [0.2, 0.25) is 0 Å². The van der Waals surface area contributed by atoms with Gasteiger partial charge in [-0.15, -0.1) is 0 Å². The summed E-state index contributed by atoms with van der Waals surface area (Å²) < 4.78 is 1.69. The number of hydrogen-bond donors (Lipinski definition) is 2. The van der Waals surface area contributed by atoms with Crippen LogP contribution in [0.15, 0.2) is 24.8 Å². The summed E-state index contributed by atoms with van der Waals surface area (Å²) in [6.07, 6.45) is 3.24. The van der Waals surface area contributed by atoms with Gasteiger partial charge in [0.25, 0.3) is 0 Å². The third kappa shape index (κ3) is 3.89. The van der Waals surface area contributed by atoms with Crippen LogP contribution in [0.3, 0.4) is 0 Å². The van der Waals surface area contributed by atoms with E-state index in [4.69, 9.17) is 0 Å². The van der Waals surface area contributed by atoms with Gasteiger partial charge >= 0.3 is 20.4 Å². The molecule has 2 rings (SSSR count). The van der Waals surface area contributed by atoms with Crippen molar-refractivity contribution in [2.75, 3.05) is 0 Å². The van der Waals surface area contributed by atoms with Crippen molar-refractivity contribution in [3.8, 4) is 0 Å². The number of rotatable bonds is 0. The molecular formula is C6H6N4O4Pd. The third-order valence-electron chi connectivity index (χ3n) is 1.27. The van der Waals surface area contributed by atoms with Gasteiger partial charge in [0.15, 0.2) is 12.2 Å². The molecule has 9 heteroatoms. The van der Waals surface area contributed by atoms with Crippen molar-refractivity contribution < 1.29 is 40.2 Å². The van der Waals surface area contributed by atoms with Crippen molar-refractivity contribution >= 4 is 12.2 Å². The van der Waals surface area contributed by atoms with E-state index < -0.39 is 12.2 Å². The van der Waals surface area contributed by atoms with E-state index in [0.29, 0.717) is 0 Å². The van der Waals surface area contributed by atoms with Crippen LogP contribution in [0.1, 0.15) is 0 Å². The van der Waals surface area contributed by atoms with Crippen molar-refractivity contribution in [3.63, 3.8) is 0 Å². The summed E-state index contributed by atoms with van der Waals surface area (Å²) >= 11 is 0. The summed E-state index contributed by atoms with van der Waals surface area (Å²) in [4.78, 5) is 19.4. The van der Waals surface area contributed by atoms with E-state index in [1.54, 1.807) is 0 Å². The fraction of sp³-hybridized carbons (Fsp3) is 0. The maximum absolute atomic E-state index is 9.68. The maximum Gasteiger partial charge on any atom is 2.00 e. The molecule has 0 saturated heterocycles. The Bertz CT molecular complexity index is 354. The summed E-state index contributed by atoms with van der Waals surface area (Å²) in [6, 6.07) is 0. The van der Waals surface area contributed by atoms with Gasteiger partial charge in [-0.2, -0.15) is 0 Å². The van der Waals surface area contributed by atoms with E-state index in [1.807, 2.05) is 0 Å². The van der Waals surface area contributed by atoms with Gasteiger partial charge in [-0.05, 0) is 0 Å². The molecule has 0 bridgehead atoms. The first-order valence-electron chi connectivity index (χ1n) is 3.47. The molecule has 0 aliphatic heterocycles. The van der Waals surface area contributed by atoms with Crippen LogP contribution in [0.4, 0.5) is 9.59 Å². The first-order chi connectivity index (χ1) is 6.61. The van der Waals surface area contributed by atoms with E-state index in [9.17, 15) is 19.8 Å². The molecule has 15 heavy (non-hydrogen) atoms. The second-order valence-corrected chi connectivity index (χ2v) is 2.16. The fourth-order valence-corrected chi connectivity index (χ4v) is 0.525. The molecule has 0 aromatic carbocycles. The van der Waals surface area contributed by atoms with Crippen molar-refractivity contribution in [1.82, 2.24) is 19.6 Å². The largest absolute Gasteiger partial charge is 2.00 e. The molecule has 2 N–H and O–H groups in total. The molecule has 8 nitrogen and oxygen atoms in total. The van der Waals surface area contributed by atoms with E-state index >= 15 is 0 Å². The van der Waals surface area contributed by atoms with Crippen LogP contribution in [-0.4, -0.2) is 31.7 Å². The fourth-order valence-electron chi connectivity index (χ4n) is 0.525. The molecule has 0 amide bonds. The number of H-pyrrole nitrogens is 2. The molecule has 2 aromatic heterocycles. The Balaban J connectivity index is 0.000000245. The van der Waals surface area contributed by atoms with Crippen molar-refractivity contribution in [1.29, 1.82) is 0 Å². The third-order valence-corrected chi connectivity index (χ3v) is 1.27. The second kappa shape index (κ2) is 5.90. The standard InChI is InChI=1S/2C3H4N2O2.Pd/c2*6-3(7)5-2-1-4-5;/h2*1-2,4H,(H,6,7);/q;;+2/p-2. The summed E-state index contributed by atoms with van der Waals surface area (Å²) in [6.45, 7) is 0. The molecule has 2 aromatic rings. The van der Waals surface area contributed by atoms with Gasteiger partial charge < -0.3 is 19.8 Å². The minimum Gasteiger partial charge on any atom is -0.528 e. The predicted octanol–water partition coefficient (Wildman–Crippen LogP) is -1.99. The zero-order chi connectivity index (χ0) is 10.6. The average Bonchev–Trinajstić information content (AvgIpc) is 1.74. The predicted molar refractivity (Wildman–Crippen MR) is 39.2 cm³/mol. The Hall–Kier alpha value is -1.72. The number of nitrogens with one attached hydrogen (secondary N) is 2. The summed E-state index contributed by atoms with van der Waals surface area (Å²) in [5, 5.41) is 24.0. The summed E-state index contributed by atoms with van der Waals surface area (Å²) in [5.74, 6) is 0. The number of hydrogen-bond acceptors (Lipinski definition) is 4. The minimum atomic E-state index is -1.23. The van der Waals surface area contributed by atoms with Gasteiger partial charge in [0, 0.05) is 24.8 Å². The smallest absolute Gasteiger partial charge is 0.528 e. The van der Waals surface area contributed by atoms with Gasteiger partial charge in [-0.3, -0.25) is 10.2 Å². The van der Waals surface area contributed by atoms with Gasteiger partial charge in [-0.1, -0.05) is 0 Å². The van der Waals surface area contributed by atoms with E-state index in [-0.39, 0.29) is 20.4 Å². The first-order valence-corrected chi connectivity index (χ1v) is 3.47. The quantitative estimate of drug-likeness (QED) is 0.547. The molecule has 0 aliphatic carbocycles. The first kappa shape index (κ1) is 13.3. The molecule has 0 fully saturated rings. The van der Waals surface area contributed by atoms with Crippen LogP contribution in [0, 0.1) is 0 Å². The average molecular weight is 305 g/mol. The number of carbonyl (C=O) groups is 2. The van der Waals surface area contributed by atoms with E-state index in [2.05, 4.69) is 10.2 Å². The van der Waals surface area contributed by atoms with Crippen molar-refractivity contribution in [2.45, 2.75) is 0 Å². The van der Waals surface area contributed by atoms with Crippen LogP contribution < -0.4 is 10.2 Å². The van der Waals surface area contributed by atoms with Crippen LogP contribution in [-0.2, 0) is 20.4 Å². The van der Waals surface area contributed by atoms with Crippen molar-refractivity contribution in [3.05, 3.63) is 24.8 Å². The SMILES string of the molecule is O=C([O-])n1cc[nH]1.O=C([O-])n1cc[nH]1.[Pd+2]. The summed E-state index contributed by atoms with van der Waals surface area (Å²) in [7, 11) is 0. The zero-order valence-corrected chi connectivity index (χ0v) is 8.71. The Labute approximate surface area is 97.1 Å². The molecule has 84 valence electrons.